The Morgan fingerprint density at radius 3 is 2.11 bits per heavy atom. The van der Waals surface area contributed by atoms with Crippen molar-refractivity contribution >= 4 is 27.3 Å². The first-order valence-electron chi connectivity index (χ1n) is 11.7. The van der Waals surface area contributed by atoms with Gasteiger partial charge in [0.2, 0.25) is 5.91 Å². The zero-order valence-electron chi connectivity index (χ0n) is 22.2. The SMILES string of the molecule is COc1ccc(OC)c(N(CC(=O)Nc2ccccc2OC(C)C)S(=O)(=O)c2ccc(OC)c(OC)c2)c1. The van der Waals surface area contributed by atoms with Gasteiger partial charge in [-0.3, -0.25) is 9.10 Å². The number of hydrogen-bond donors (Lipinski definition) is 1. The largest absolute Gasteiger partial charge is 0.497 e. The minimum atomic E-state index is -4.32. The number of para-hydroxylation sites is 2. The van der Waals surface area contributed by atoms with E-state index in [1.807, 2.05) is 13.8 Å². The summed E-state index contributed by atoms with van der Waals surface area (Å²) in [7, 11) is 1.40. The van der Waals surface area contributed by atoms with Crippen molar-refractivity contribution < 1.29 is 36.9 Å². The van der Waals surface area contributed by atoms with Gasteiger partial charge in [0.05, 0.1) is 50.8 Å². The Morgan fingerprint density at radius 1 is 0.816 bits per heavy atom. The Kier molecular flexibility index (Phi) is 9.30. The van der Waals surface area contributed by atoms with E-state index in [0.717, 1.165) is 4.31 Å². The Labute approximate surface area is 223 Å². The highest BCUT2D eigenvalue weighted by Crippen LogP contribution is 2.37. The maximum absolute atomic E-state index is 14.0. The molecule has 11 heteroatoms. The fourth-order valence-corrected chi connectivity index (χ4v) is 5.08. The topological polar surface area (TPSA) is 113 Å². The third-order valence-electron chi connectivity index (χ3n) is 5.41. The molecule has 3 aromatic carbocycles. The highest BCUT2D eigenvalue weighted by molar-refractivity contribution is 7.92. The average Bonchev–Trinajstić information content (AvgIpc) is 2.91. The number of rotatable bonds is 12. The number of nitrogens with one attached hydrogen (secondary N) is 1. The molecule has 0 fully saturated rings. The zero-order valence-corrected chi connectivity index (χ0v) is 23.0. The molecule has 1 amide bonds. The molecule has 0 bridgehead atoms. The van der Waals surface area contributed by atoms with Crippen molar-refractivity contribution in [3.8, 4) is 28.7 Å². The number of anilines is 2. The summed E-state index contributed by atoms with van der Waals surface area (Å²) in [5.74, 6) is 1.05. The van der Waals surface area contributed by atoms with Crippen molar-refractivity contribution in [2.75, 3.05) is 44.6 Å². The molecular weight excluding hydrogens is 512 g/mol. The Morgan fingerprint density at radius 2 is 1.47 bits per heavy atom. The van der Waals surface area contributed by atoms with E-state index < -0.39 is 22.5 Å². The quantitative estimate of drug-likeness (QED) is 0.358. The molecular formula is C27H32N2O8S. The molecule has 204 valence electrons. The highest BCUT2D eigenvalue weighted by atomic mass is 32.2. The van der Waals surface area contributed by atoms with Crippen LogP contribution in [0, 0.1) is 0 Å². The van der Waals surface area contributed by atoms with Crippen LogP contribution in [0.2, 0.25) is 0 Å². The van der Waals surface area contributed by atoms with Crippen LogP contribution in [0.25, 0.3) is 0 Å². The first kappa shape index (κ1) is 28.5. The molecule has 1 N–H and O–H groups in total. The molecule has 0 saturated carbocycles. The molecule has 0 aliphatic heterocycles. The average molecular weight is 545 g/mol. The van der Waals surface area contributed by atoms with Crippen LogP contribution in [-0.4, -0.2) is 55.4 Å². The summed E-state index contributed by atoms with van der Waals surface area (Å²) < 4.78 is 56.0. The molecule has 38 heavy (non-hydrogen) atoms. The van der Waals surface area contributed by atoms with E-state index in [1.54, 1.807) is 36.4 Å². The second-order valence-electron chi connectivity index (χ2n) is 8.28. The first-order valence-corrected chi connectivity index (χ1v) is 13.1. The number of ether oxygens (including phenoxy) is 5. The number of sulfonamides is 1. The number of carbonyl (C=O) groups excluding carboxylic acids is 1. The van der Waals surface area contributed by atoms with E-state index in [4.69, 9.17) is 23.7 Å². The minimum Gasteiger partial charge on any atom is -0.497 e. The van der Waals surface area contributed by atoms with E-state index in [-0.39, 0.29) is 28.2 Å². The van der Waals surface area contributed by atoms with Gasteiger partial charge in [0.15, 0.2) is 11.5 Å². The lowest BCUT2D eigenvalue weighted by Gasteiger charge is -2.26. The third kappa shape index (κ3) is 6.41. The van der Waals surface area contributed by atoms with Crippen LogP contribution in [-0.2, 0) is 14.8 Å². The van der Waals surface area contributed by atoms with E-state index in [9.17, 15) is 13.2 Å². The van der Waals surface area contributed by atoms with E-state index in [0.29, 0.717) is 22.9 Å². The summed E-state index contributed by atoms with van der Waals surface area (Å²) in [5.41, 5.74) is 0.524. The minimum absolute atomic E-state index is 0.114. The predicted molar refractivity (Wildman–Crippen MR) is 144 cm³/mol. The number of hydrogen-bond acceptors (Lipinski definition) is 8. The van der Waals surface area contributed by atoms with E-state index in [1.165, 1.54) is 52.7 Å². The molecule has 3 rings (SSSR count). The Hall–Kier alpha value is -4.12. The Bertz CT molecular complexity index is 1380. The van der Waals surface area contributed by atoms with Crippen molar-refractivity contribution in [3.63, 3.8) is 0 Å². The standard InChI is InChI=1S/C27H32N2O8S/c1-18(2)37-23-10-8-7-9-21(23)28-27(30)17-29(22-15-19(33-3)11-13-24(22)34-4)38(31,32)20-12-14-25(35-5)26(16-20)36-6/h7-16,18H,17H2,1-6H3,(H,28,30). The first-order chi connectivity index (χ1) is 18.1. The second kappa shape index (κ2) is 12.4. The van der Waals surface area contributed by atoms with Gasteiger partial charge in [-0.15, -0.1) is 0 Å². The maximum Gasteiger partial charge on any atom is 0.265 e. The highest BCUT2D eigenvalue weighted by Gasteiger charge is 2.31. The maximum atomic E-state index is 14.0. The molecule has 0 saturated heterocycles. The van der Waals surface area contributed by atoms with Crippen LogP contribution in [0.3, 0.4) is 0 Å². The number of methoxy groups -OCH3 is 4. The Balaban J connectivity index is 2.08. The molecule has 0 radical (unpaired) electrons. The van der Waals surface area contributed by atoms with Crippen LogP contribution in [0.1, 0.15) is 13.8 Å². The smallest absolute Gasteiger partial charge is 0.265 e. The summed E-state index contributed by atoms with van der Waals surface area (Å²) in [4.78, 5) is 13.2. The second-order valence-corrected chi connectivity index (χ2v) is 10.1. The summed E-state index contributed by atoms with van der Waals surface area (Å²) >= 11 is 0. The van der Waals surface area contributed by atoms with Gasteiger partial charge in [-0.1, -0.05) is 12.1 Å². The molecule has 0 heterocycles. The lowest BCUT2D eigenvalue weighted by atomic mass is 10.2. The van der Waals surface area contributed by atoms with Crippen molar-refractivity contribution in [2.24, 2.45) is 0 Å². The number of carbonyl (C=O) groups is 1. The van der Waals surface area contributed by atoms with Gasteiger partial charge in [0, 0.05) is 12.1 Å². The summed E-state index contributed by atoms with van der Waals surface area (Å²) in [6.45, 7) is 3.16. The number of nitrogens with zero attached hydrogens (tertiary/aromatic N) is 1. The zero-order chi connectivity index (χ0) is 27.9. The molecule has 0 aliphatic rings. The van der Waals surface area contributed by atoms with Crippen LogP contribution >= 0.6 is 0 Å². The van der Waals surface area contributed by atoms with Gasteiger partial charge in [0.25, 0.3) is 10.0 Å². The molecule has 0 spiro atoms. The van der Waals surface area contributed by atoms with Gasteiger partial charge >= 0.3 is 0 Å². The van der Waals surface area contributed by atoms with Crippen molar-refractivity contribution in [1.82, 2.24) is 0 Å². The molecule has 0 unspecified atom stereocenters. The van der Waals surface area contributed by atoms with Gasteiger partial charge in [0.1, 0.15) is 23.8 Å². The fraction of sp³-hybridized carbons (Fsp3) is 0.296. The third-order valence-corrected chi connectivity index (χ3v) is 7.16. The van der Waals surface area contributed by atoms with E-state index >= 15 is 0 Å². The van der Waals surface area contributed by atoms with Crippen molar-refractivity contribution in [2.45, 2.75) is 24.8 Å². The molecule has 10 nitrogen and oxygen atoms in total. The number of amides is 1. The molecule has 0 aromatic heterocycles. The van der Waals surface area contributed by atoms with Crippen molar-refractivity contribution in [3.05, 3.63) is 60.7 Å². The lowest BCUT2D eigenvalue weighted by Crippen LogP contribution is -2.38. The fourth-order valence-electron chi connectivity index (χ4n) is 3.64. The van der Waals surface area contributed by atoms with E-state index in [2.05, 4.69) is 5.32 Å². The van der Waals surface area contributed by atoms with Gasteiger partial charge in [-0.05, 0) is 50.2 Å². The molecule has 3 aromatic rings. The normalized spacial score (nSPS) is 11.0. The molecule has 0 atom stereocenters. The van der Waals surface area contributed by atoms with Crippen molar-refractivity contribution in [1.29, 1.82) is 0 Å². The van der Waals surface area contributed by atoms with Crippen LogP contribution in [0.5, 0.6) is 28.7 Å². The lowest BCUT2D eigenvalue weighted by molar-refractivity contribution is -0.114. The predicted octanol–water partition coefficient (Wildman–Crippen LogP) is 4.34. The monoisotopic (exact) mass is 544 g/mol. The van der Waals surface area contributed by atoms with Crippen LogP contribution < -0.4 is 33.3 Å². The summed E-state index contributed by atoms with van der Waals surface area (Å²) in [5, 5.41) is 2.76. The van der Waals surface area contributed by atoms with Gasteiger partial charge in [-0.2, -0.15) is 0 Å². The van der Waals surface area contributed by atoms with Gasteiger partial charge < -0.3 is 29.0 Å². The molecule has 0 aliphatic carbocycles. The number of benzene rings is 3. The summed E-state index contributed by atoms with van der Waals surface area (Å²) in [6, 6.07) is 15.8. The van der Waals surface area contributed by atoms with Gasteiger partial charge in [-0.25, -0.2) is 8.42 Å². The van der Waals surface area contributed by atoms with Crippen LogP contribution in [0.15, 0.2) is 65.6 Å². The van der Waals surface area contributed by atoms with Crippen LogP contribution in [0.4, 0.5) is 11.4 Å². The summed E-state index contributed by atoms with van der Waals surface area (Å²) in [6.07, 6.45) is -0.129.